The van der Waals surface area contributed by atoms with E-state index in [1.807, 2.05) is 0 Å². The highest BCUT2D eigenvalue weighted by Gasteiger charge is 2.31. The zero-order valence-electron chi connectivity index (χ0n) is 15.0. The minimum atomic E-state index is -4.63. The molecule has 0 unspecified atom stereocenters. The van der Waals surface area contributed by atoms with E-state index < -0.39 is 17.6 Å². The monoisotopic (exact) mass is 405 g/mol. The van der Waals surface area contributed by atoms with Crippen LogP contribution in [0.2, 0.25) is 0 Å². The van der Waals surface area contributed by atoms with Gasteiger partial charge >= 0.3 is 6.18 Å². The van der Waals surface area contributed by atoms with Crippen molar-refractivity contribution in [3.05, 3.63) is 70.4 Å². The highest BCUT2D eigenvalue weighted by atomic mass is 19.4. The molecular formula is C19H15F4N5O. The number of amides is 1. The molecule has 0 aliphatic carbocycles. The van der Waals surface area contributed by atoms with Gasteiger partial charge in [-0.25, -0.2) is 9.37 Å². The van der Waals surface area contributed by atoms with Gasteiger partial charge in [0.1, 0.15) is 5.82 Å². The summed E-state index contributed by atoms with van der Waals surface area (Å²) in [6.07, 6.45) is -1.77. The molecule has 6 nitrogen and oxygen atoms in total. The lowest BCUT2D eigenvalue weighted by Crippen LogP contribution is -2.23. The number of fused-ring (bicyclic) bond motifs is 1. The van der Waals surface area contributed by atoms with E-state index in [4.69, 9.17) is 0 Å². The van der Waals surface area contributed by atoms with Crippen LogP contribution in [0.15, 0.2) is 36.5 Å². The van der Waals surface area contributed by atoms with E-state index in [0.29, 0.717) is 36.1 Å². The summed E-state index contributed by atoms with van der Waals surface area (Å²) in [7, 11) is 0. The molecule has 29 heavy (non-hydrogen) atoms. The van der Waals surface area contributed by atoms with Crippen LogP contribution in [-0.2, 0) is 19.0 Å². The lowest BCUT2D eigenvalue weighted by molar-refractivity contribution is -0.137. The molecule has 0 saturated heterocycles. The van der Waals surface area contributed by atoms with Crippen LogP contribution in [0, 0.1) is 5.82 Å². The van der Waals surface area contributed by atoms with Crippen molar-refractivity contribution in [2.45, 2.75) is 25.4 Å². The predicted octanol–water partition coefficient (Wildman–Crippen LogP) is 3.09. The number of rotatable bonds is 3. The van der Waals surface area contributed by atoms with Crippen LogP contribution < -0.4 is 5.32 Å². The van der Waals surface area contributed by atoms with Gasteiger partial charge in [-0.2, -0.15) is 17.9 Å². The Balaban J connectivity index is 1.66. The number of hydrogen-bond donors (Lipinski definition) is 1. The van der Waals surface area contributed by atoms with Crippen molar-refractivity contribution < 1.29 is 22.4 Å². The molecule has 3 heterocycles. The summed E-state index contributed by atoms with van der Waals surface area (Å²) in [6.45, 7) is 0.532. The molecule has 1 aliphatic heterocycles. The first kappa shape index (κ1) is 19.0. The first-order valence-corrected chi connectivity index (χ1v) is 8.86. The fourth-order valence-corrected chi connectivity index (χ4v) is 3.27. The van der Waals surface area contributed by atoms with Gasteiger partial charge in [0.05, 0.1) is 11.3 Å². The summed E-state index contributed by atoms with van der Waals surface area (Å²) in [5.41, 5.74) is 0.626. The molecule has 1 aromatic carbocycles. The number of nitrogens with one attached hydrogen (secondary N) is 1. The number of alkyl halides is 3. The van der Waals surface area contributed by atoms with E-state index in [2.05, 4.69) is 20.6 Å². The molecular weight excluding hydrogens is 390 g/mol. The molecule has 1 N–H and O–H groups in total. The van der Waals surface area contributed by atoms with Gasteiger partial charge < -0.3 is 5.32 Å². The molecule has 0 spiro atoms. The molecule has 150 valence electrons. The van der Waals surface area contributed by atoms with Crippen molar-refractivity contribution in [3.63, 3.8) is 0 Å². The van der Waals surface area contributed by atoms with Gasteiger partial charge in [0.25, 0.3) is 5.91 Å². The van der Waals surface area contributed by atoms with Crippen LogP contribution in [0.1, 0.15) is 39.3 Å². The molecule has 0 saturated carbocycles. The topological polar surface area (TPSA) is 72.7 Å². The molecule has 2 aromatic heterocycles. The van der Waals surface area contributed by atoms with Gasteiger partial charge in [0, 0.05) is 12.7 Å². The molecule has 10 heteroatoms. The number of carbonyl (C=O) groups excluding carboxylic acids is 1. The third kappa shape index (κ3) is 3.96. The van der Waals surface area contributed by atoms with Crippen LogP contribution in [0.3, 0.4) is 0 Å². The predicted molar refractivity (Wildman–Crippen MR) is 94.0 cm³/mol. The third-order valence-electron chi connectivity index (χ3n) is 4.57. The summed E-state index contributed by atoms with van der Waals surface area (Å²) in [5, 5.41) is 10.7. The van der Waals surface area contributed by atoms with E-state index in [1.54, 1.807) is 12.1 Å². The van der Waals surface area contributed by atoms with Crippen molar-refractivity contribution >= 4 is 5.91 Å². The quantitative estimate of drug-likeness (QED) is 0.680. The highest BCUT2D eigenvalue weighted by molar-refractivity contribution is 5.93. The second kappa shape index (κ2) is 7.26. The Bertz CT molecular complexity index is 1080. The maximum Gasteiger partial charge on any atom is 0.416 e. The molecule has 0 bridgehead atoms. The molecule has 1 aliphatic rings. The summed E-state index contributed by atoms with van der Waals surface area (Å²) in [6, 6.07) is 5.73. The minimum Gasteiger partial charge on any atom is -0.351 e. The molecule has 1 amide bonds. The highest BCUT2D eigenvalue weighted by Crippen LogP contribution is 2.31. The number of hydrogen-bond acceptors (Lipinski definition) is 4. The van der Waals surface area contributed by atoms with Crippen molar-refractivity contribution in [2.24, 2.45) is 0 Å². The van der Waals surface area contributed by atoms with Gasteiger partial charge in [-0.15, -0.1) is 5.10 Å². The van der Waals surface area contributed by atoms with E-state index in [-0.39, 0.29) is 23.6 Å². The Labute approximate surface area is 162 Å². The standard InChI is InChI=1S/C19H15F4N5O/c20-14-8-12(7-13(10-14)19(21,22)23)6-11-3-5-24-16(9-11)28-15-2-1-4-25-18(29)17(15)26-27-28/h3,5,7-10H,1-2,4,6H2,(H,25,29). The van der Waals surface area contributed by atoms with Gasteiger partial charge in [-0.05, 0) is 60.7 Å². The fraction of sp³-hybridized carbons (Fsp3) is 0.263. The van der Waals surface area contributed by atoms with Crippen molar-refractivity contribution in [1.29, 1.82) is 0 Å². The number of pyridine rings is 1. The van der Waals surface area contributed by atoms with Gasteiger partial charge in [0.2, 0.25) is 0 Å². The summed E-state index contributed by atoms with van der Waals surface area (Å²) in [4.78, 5) is 16.3. The number of nitrogens with zero attached hydrogens (tertiary/aromatic N) is 4. The van der Waals surface area contributed by atoms with Gasteiger partial charge in [0.15, 0.2) is 11.5 Å². The largest absolute Gasteiger partial charge is 0.416 e. The lowest BCUT2D eigenvalue weighted by Gasteiger charge is -2.10. The first-order valence-electron chi connectivity index (χ1n) is 8.86. The lowest BCUT2D eigenvalue weighted by atomic mass is 10.0. The van der Waals surface area contributed by atoms with Crippen molar-refractivity contribution in [3.8, 4) is 5.82 Å². The van der Waals surface area contributed by atoms with Crippen LogP contribution >= 0.6 is 0 Å². The normalized spacial score (nSPS) is 14.3. The van der Waals surface area contributed by atoms with Crippen molar-refractivity contribution in [2.75, 3.05) is 6.54 Å². The number of carbonyl (C=O) groups is 1. The molecule has 0 fully saturated rings. The Kier molecular flexibility index (Phi) is 4.77. The number of benzene rings is 1. The maximum absolute atomic E-state index is 13.7. The van der Waals surface area contributed by atoms with Crippen LogP contribution in [-0.4, -0.2) is 32.4 Å². The SMILES string of the molecule is O=C1NCCCc2c1nnn2-c1cc(Cc2cc(F)cc(C(F)(F)F)c2)ccn1. The smallest absolute Gasteiger partial charge is 0.351 e. The fourth-order valence-electron chi connectivity index (χ4n) is 3.27. The van der Waals surface area contributed by atoms with E-state index >= 15 is 0 Å². The maximum atomic E-state index is 13.7. The number of halogens is 4. The second-order valence-corrected chi connectivity index (χ2v) is 6.70. The Hall–Kier alpha value is -3.30. The molecule has 3 aromatic rings. The average molecular weight is 405 g/mol. The number of aromatic nitrogens is 4. The van der Waals surface area contributed by atoms with E-state index in [9.17, 15) is 22.4 Å². The second-order valence-electron chi connectivity index (χ2n) is 6.70. The summed E-state index contributed by atoms with van der Waals surface area (Å²) >= 11 is 0. The van der Waals surface area contributed by atoms with Crippen LogP contribution in [0.4, 0.5) is 17.6 Å². The summed E-state index contributed by atoms with van der Waals surface area (Å²) < 4.78 is 53.9. The van der Waals surface area contributed by atoms with E-state index in [1.165, 1.54) is 10.9 Å². The zero-order chi connectivity index (χ0) is 20.6. The van der Waals surface area contributed by atoms with E-state index in [0.717, 1.165) is 18.6 Å². The van der Waals surface area contributed by atoms with Crippen LogP contribution in [0.5, 0.6) is 0 Å². The Morgan fingerprint density at radius 1 is 1.14 bits per heavy atom. The summed E-state index contributed by atoms with van der Waals surface area (Å²) in [5.74, 6) is -0.866. The molecule has 0 radical (unpaired) electrons. The van der Waals surface area contributed by atoms with Gasteiger partial charge in [-0.3, -0.25) is 4.79 Å². The third-order valence-corrected chi connectivity index (χ3v) is 4.57. The Morgan fingerprint density at radius 2 is 1.97 bits per heavy atom. The van der Waals surface area contributed by atoms with Crippen molar-refractivity contribution in [1.82, 2.24) is 25.3 Å². The molecule has 0 atom stereocenters. The Morgan fingerprint density at radius 3 is 2.76 bits per heavy atom. The first-order chi connectivity index (χ1) is 13.8. The average Bonchev–Trinajstić information content (AvgIpc) is 2.99. The van der Waals surface area contributed by atoms with Gasteiger partial charge in [-0.1, -0.05) is 5.21 Å². The minimum absolute atomic E-state index is 0.0771. The zero-order valence-corrected chi connectivity index (χ0v) is 15.0. The van der Waals surface area contributed by atoms with Crippen LogP contribution in [0.25, 0.3) is 5.82 Å². The molecule has 4 rings (SSSR count).